The molecule has 3 aromatic rings. The average Bonchev–Trinajstić information content (AvgIpc) is 2.76. The van der Waals surface area contributed by atoms with Gasteiger partial charge in [-0.15, -0.1) is 0 Å². The molecule has 2 aromatic heterocycles. The van der Waals surface area contributed by atoms with Crippen LogP contribution in [0.25, 0.3) is 11.4 Å². The summed E-state index contributed by atoms with van der Waals surface area (Å²) in [7, 11) is 1.73. The van der Waals surface area contributed by atoms with Gasteiger partial charge in [0.25, 0.3) is 0 Å². The summed E-state index contributed by atoms with van der Waals surface area (Å²) in [6, 6.07) is 11.8. The molecule has 1 fully saturated rings. The predicted octanol–water partition coefficient (Wildman–Crippen LogP) is 3.52. The van der Waals surface area contributed by atoms with E-state index in [0.29, 0.717) is 23.6 Å². The Morgan fingerprint density at radius 3 is 2.55 bits per heavy atom. The molecular formula is C21H24FN7. The Morgan fingerprint density at radius 2 is 1.79 bits per heavy atom. The van der Waals surface area contributed by atoms with Gasteiger partial charge in [-0.05, 0) is 31.7 Å². The van der Waals surface area contributed by atoms with Gasteiger partial charge in [-0.25, -0.2) is 19.3 Å². The average molecular weight is 393 g/mol. The molecule has 1 aliphatic rings. The van der Waals surface area contributed by atoms with E-state index in [0.717, 1.165) is 31.2 Å². The molecule has 0 unspecified atom stereocenters. The number of rotatable bonds is 5. The van der Waals surface area contributed by atoms with Gasteiger partial charge in [0.05, 0.1) is 6.20 Å². The van der Waals surface area contributed by atoms with Crippen molar-refractivity contribution in [2.75, 3.05) is 17.3 Å². The highest BCUT2D eigenvalue weighted by Gasteiger charge is 2.20. The summed E-state index contributed by atoms with van der Waals surface area (Å²) < 4.78 is 14.5. The first-order valence-corrected chi connectivity index (χ1v) is 9.77. The van der Waals surface area contributed by atoms with Crippen molar-refractivity contribution in [1.82, 2.24) is 19.9 Å². The summed E-state index contributed by atoms with van der Waals surface area (Å²) in [5.41, 5.74) is 6.80. The quantitative estimate of drug-likeness (QED) is 0.685. The molecule has 8 heteroatoms. The minimum atomic E-state index is -0.512. The zero-order chi connectivity index (χ0) is 20.2. The molecule has 0 radical (unpaired) electrons. The summed E-state index contributed by atoms with van der Waals surface area (Å²) in [5, 5.41) is 3.37. The Kier molecular flexibility index (Phi) is 5.62. The van der Waals surface area contributed by atoms with E-state index < -0.39 is 5.82 Å². The molecule has 1 aliphatic carbocycles. The number of anilines is 3. The van der Waals surface area contributed by atoms with Crippen LogP contribution in [0.15, 0.2) is 48.8 Å². The second-order valence-corrected chi connectivity index (χ2v) is 7.28. The van der Waals surface area contributed by atoms with E-state index >= 15 is 0 Å². The molecule has 150 valence electrons. The number of hydrogen-bond acceptors (Lipinski definition) is 7. The fraction of sp³-hybridized carbons (Fsp3) is 0.333. The third-order valence-electron chi connectivity index (χ3n) is 5.16. The Balaban J connectivity index is 1.56. The molecule has 0 spiro atoms. The van der Waals surface area contributed by atoms with E-state index in [9.17, 15) is 4.39 Å². The third-order valence-corrected chi connectivity index (χ3v) is 5.16. The summed E-state index contributed by atoms with van der Waals surface area (Å²) in [4.78, 5) is 19.0. The van der Waals surface area contributed by atoms with Crippen molar-refractivity contribution in [2.45, 2.75) is 37.8 Å². The van der Waals surface area contributed by atoms with Crippen LogP contribution in [-0.4, -0.2) is 39.1 Å². The van der Waals surface area contributed by atoms with Crippen LogP contribution in [0.1, 0.15) is 25.7 Å². The zero-order valence-corrected chi connectivity index (χ0v) is 16.3. The van der Waals surface area contributed by atoms with Crippen molar-refractivity contribution in [2.24, 2.45) is 5.73 Å². The topological polar surface area (TPSA) is 92.9 Å². The number of hydrogen-bond donors (Lipinski definition) is 2. The molecule has 0 aliphatic heterocycles. The number of aromatic nitrogens is 4. The molecule has 1 saturated carbocycles. The highest BCUT2D eigenvalue weighted by atomic mass is 19.1. The van der Waals surface area contributed by atoms with Crippen LogP contribution in [-0.2, 0) is 0 Å². The molecule has 7 nitrogen and oxygen atoms in total. The van der Waals surface area contributed by atoms with E-state index in [2.05, 4.69) is 25.3 Å². The van der Waals surface area contributed by atoms with Crippen molar-refractivity contribution >= 4 is 17.6 Å². The standard InChI is InChI=1S/C21H24FN7/c1-29(20-17(22)13-25-19(28-20)14-5-3-2-4-6-14)18-11-12-24-21(27-18)26-16-9-7-15(23)8-10-16/h2-6,11-13,15-16H,7-10,23H2,1H3,(H,24,26,27). The molecule has 2 heterocycles. The Bertz CT molecular complexity index is 958. The fourth-order valence-corrected chi connectivity index (χ4v) is 3.48. The number of halogens is 1. The summed E-state index contributed by atoms with van der Waals surface area (Å²) >= 11 is 0. The summed E-state index contributed by atoms with van der Waals surface area (Å²) in [5.74, 6) is 1.17. The van der Waals surface area contributed by atoms with Gasteiger partial charge in [0.15, 0.2) is 17.5 Å². The van der Waals surface area contributed by atoms with Crippen molar-refractivity contribution < 1.29 is 4.39 Å². The monoisotopic (exact) mass is 393 g/mol. The van der Waals surface area contributed by atoms with Crippen LogP contribution in [0.5, 0.6) is 0 Å². The Labute approximate surface area is 169 Å². The van der Waals surface area contributed by atoms with Gasteiger partial charge in [-0.3, -0.25) is 0 Å². The molecule has 0 amide bonds. The Morgan fingerprint density at radius 1 is 1.03 bits per heavy atom. The van der Waals surface area contributed by atoms with Crippen molar-refractivity contribution in [3.05, 3.63) is 54.6 Å². The van der Waals surface area contributed by atoms with E-state index in [-0.39, 0.29) is 11.9 Å². The van der Waals surface area contributed by atoms with Crippen LogP contribution >= 0.6 is 0 Å². The van der Waals surface area contributed by atoms with Gasteiger partial charge in [-0.2, -0.15) is 4.98 Å². The lowest BCUT2D eigenvalue weighted by Crippen LogP contribution is -2.33. The van der Waals surface area contributed by atoms with Gasteiger partial charge < -0.3 is 16.0 Å². The molecule has 3 N–H and O–H groups in total. The maximum atomic E-state index is 14.5. The van der Waals surface area contributed by atoms with Gasteiger partial charge in [0.1, 0.15) is 5.82 Å². The molecule has 0 atom stereocenters. The second-order valence-electron chi connectivity index (χ2n) is 7.28. The van der Waals surface area contributed by atoms with E-state index in [1.807, 2.05) is 30.3 Å². The largest absolute Gasteiger partial charge is 0.351 e. The van der Waals surface area contributed by atoms with Gasteiger partial charge in [0.2, 0.25) is 5.95 Å². The van der Waals surface area contributed by atoms with Crippen LogP contribution in [0.2, 0.25) is 0 Å². The van der Waals surface area contributed by atoms with E-state index in [1.165, 1.54) is 6.20 Å². The smallest absolute Gasteiger partial charge is 0.224 e. The molecule has 1 aromatic carbocycles. The van der Waals surface area contributed by atoms with Gasteiger partial charge in [-0.1, -0.05) is 30.3 Å². The van der Waals surface area contributed by atoms with Crippen molar-refractivity contribution in [1.29, 1.82) is 0 Å². The summed E-state index contributed by atoms with van der Waals surface area (Å²) in [6.45, 7) is 0. The van der Waals surface area contributed by atoms with Crippen LogP contribution in [0.3, 0.4) is 0 Å². The minimum Gasteiger partial charge on any atom is -0.351 e. The van der Waals surface area contributed by atoms with Crippen molar-refractivity contribution in [3.63, 3.8) is 0 Å². The molecule has 0 bridgehead atoms. The highest BCUT2D eigenvalue weighted by molar-refractivity contribution is 5.61. The third kappa shape index (κ3) is 4.48. The van der Waals surface area contributed by atoms with Gasteiger partial charge in [0, 0.05) is 30.9 Å². The number of nitrogens with two attached hydrogens (primary N) is 1. The number of benzene rings is 1. The normalized spacial score (nSPS) is 19.0. The molecular weight excluding hydrogens is 369 g/mol. The van der Waals surface area contributed by atoms with Crippen molar-refractivity contribution in [3.8, 4) is 11.4 Å². The van der Waals surface area contributed by atoms with Crippen LogP contribution < -0.4 is 16.0 Å². The van der Waals surface area contributed by atoms with E-state index in [4.69, 9.17) is 5.73 Å². The number of nitrogens with one attached hydrogen (secondary N) is 1. The first-order valence-electron chi connectivity index (χ1n) is 9.77. The zero-order valence-electron chi connectivity index (χ0n) is 16.3. The minimum absolute atomic E-state index is 0.159. The second kappa shape index (κ2) is 8.48. The maximum absolute atomic E-state index is 14.5. The SMILES string of the molecule is CN(c1ccnc(NC2CCC(N)CC2)n1)c1nc(-c2ccccc2)ncc1F. The Hall–Kier alpha value is -3.13. The molecule has 29 heavy (non-hydrogen) atoms. The maximum Gasteiger partial charge on any atom is 0.224 e. The predicted molar refractivity (Wildman–Crippen MR) is 111 cm³/mol. The first kappa shape index (κ1) is 19.2. The number of nitrogens with zero attached hydrogens (tertiary/aromatic N) is 5. The lowest BCUT2D eigenvalue weighted by Gasteiger charge is -2.27. The van der Waals surface area contributed by atoms with Gasteiger partial charge >= 0.3 is 0 Å². The fourth-order valence-electron chi connectivity index (χ4n) is 3.48. The lowest BCUT2D eigenvalue weighted by molar-refractivity contribution is 0.410. The summed E-state index contributed by atoms with van der Waals surface area (Å²) in [6.07, 6.45) is 6.81. The lowest BCUT2D eigenvalue weighted by atomic mass is 9.92. The van der Waals surface area contributed by atoms with Crippen LogP contribution in [0, 0.1) is 5.82 Å². The van der Waals surface area contributed by atoms with Crippen LogP contribution in [0.4, 0.5) is 22.0 Å². The highest BCUT2D eigenvalue weighted by Crippen LogP contribution is 2.26. The van der Waals surface area contributed by atoms with E-state index in [1.54, 1.807) is 24.2 Å². The first-order chi connectivity index (χ1) is 14.1. The molecule has 0 saturated heterocycles. The molecule has 4 rings (SSSR count).